The van der Waals surface area contributed by atoms with Gasteiger partial charge in [-0.25, -0.2) is 4.79 Å². The molecule has 0 aromatic carbocycles. The van der Waals surface area contributed by atoms with Crippen LogP contribution in [0, 0.1) is 0 Å². The number of hydrogen-bond acceptors (Lipinski definition) is 5. The van der Waals surface area contributed by atoms with Gasteiger partial charge in [0.15, 0.2) is 0 Å². The molecule has 0 aliphatic heterocycles. The van der Waals surface area contributed by atoms with E-state index in [0.29, 0.717) is 6.42 Å². The van der Waals surface area contributed by atoms with Gasteiger partial charge in [0.05, 0.1) is 12.2 Å². The summed E-state index contributed by atoms with van der Waals surface area (Å²) in [6, 6.07) is -0.818. The van der Waals surface area contributed by atoms with E-state index in [2.05, 4.69) is 26.1 Å². The quantitative estimate of drug-likeness (QED) is 0.0811. The number of rotatable bonds is 27. The second-order valence-corrected chi connectivity index (χ2v) is 11.5. The van der Waals surface area contributed by atoms with Crippen LogP contribution in [0.15, 0.2) is 0 Å². The van der Waals surface area contributed by atoms with Crippen LogP contribution < -0.4 is 5.32 Å². The summed E-state index contributed by atoms with van der Waals surface area (Å²) in [5.41, 5.74) is 0. The van der Waals surface area contributed by atoms with Crippen LogP contribution in [0.25, 0.3) is 0 Å². The molecule has 0 radical (unpaired) electrons. The fourth-order valence-electron chi connectivity index (χ4n) is 4.77. The van der Waals surface area contributed by atoms with Gasteiger partial charge in [-0.3, -0.25) is 9.59 Å². The Hall–Kier alpha value is -1.59. The Labute approximate surface area is 241 Å². The normalized spacial score (nSPS) is 13.5. The Morgan fingerprint density at radius 1 is 0.538 bits per heavy atom. The van der Waals surface area contributed by atoms with Crippen LogP contribution in [-0.4, -0.2) is 36.1 Å². The second-order valence-electron chi connectivity index (χ2n) is 11.5. The van der Waals surface area contributed by atoms with Crippen LogP contribution in [0.3, 0.4) is 0 Å². The van der Waals surface area contributed by atoms with E-state index < -0.39 is 12.0 Å². The van der Waals surface area contributed by atoms with E-state index in [-0.39, 0.29) is 36.9 Å². The summed E-state index contributed by atoms with van der Waals surface area (Å²) in [5.74, 6) is -0.913. The van der Waals surface area contributed by atoms with Gasteiger partial charge in [-0.15, -0.1) is 0 Å². The molecule has 0 heterocycles. The number of ether oxygens (including phenoxy) is 2. The number of hydrogen-bond donors (Lipinski definition) is 1. The highest BCUT2D eigenvalue weighted by Crippen LogP contribution is 2.14. The van der Waals surface area contributed by atoms with Crippen molar-refractivity contribution in [1.29, 1.82) is 0 Å². The molecule has 0 rings (SSSR count). The van der Waals surface area contributed by atoms with Crippen molar-refractivity contribution in [2.45, 2.75) is 194 Å². The largest absolute Gasteiger partial charge is 0.463 e. The minimum absolute atomic E-state index is 0.0856. The van der Waals surface area contributed by atoms with Crippen LogP contribution >= 0.6 is 0 Å². The molecule has 1 amide bonds. The van der Waals surface area contributed by atoms with Gasteiger partial charge in [-0.05, 0) is 52.4 Å². The molecule has 0 saturated carbocycles. The molecular weight excluding hydrogens is 490 g/mol. The third-order valence-corrected chi connectivity index (χ3v) is 7.34. The van der Waals surface area contributed by atoms with Crippen molar-refractivity contribution in [2.75, 3.05) is 0 Å². The maximum Gasteiger partial charge on any atom is 0.328 e. The summed E-state index contributed by atoms with van der Waals surface area (Å²) in [5, 5.41) is 2.86. The summed E-state index contributed by atoms with van der Waals surface area (Å²) in [7, 11) is 0. The zero-order valence-corrected chi connectivity index (χ0v) is 26.3. The fourth-order valence-corrected chi connectivity index (χ4v) is 4.77. The molecule has 0 aromatic rings. The number of esters is 2. The highest BCUT2D eigenvalue weighted by molar-refractivity contribution is 5.85. The molecule has 1 N–H and O–H groups in total. The van der Waals surface area contributed by atoms with Gasteiger partial charge in [0, 0.05) is 12.8 Å². The van der Waals surface area contributed by atoms with E-state index in [1.807, 2.05) is 13.8 Å². The minimum Gasteiger partial charge on any atom is -0.463 e. The number of nitrogens with one attached hydrogen (secondary N) is 1. The molecule has 0 aromatic heterocycles. The standard InChI is InChI=1S/C33H63NO5/c1-6-9-12-15-16-17-18-19-22-25-31(35)34-30(33(37)39-29(5)24-21-14-11-8-3)26-27-32(36)38-28(4)23-20-13-10-7-2/h28-30H,6-27H2,1-5H3,(H,34,35)/t28?,29?,30-/m0/s1. The molecule has 0 bridgehead atoms. The van der Waals surface area contributed by atoms with Crippen molar-refractivity contribution < 1.29 is 23.9 Å². The summed E-state index contributed by atoms with van der Waals surface area (Å²) in [6.45, 7) is 10.4. The van der Waals surface area contributed by atoms with Crippen LogP contribution in [0.2, 0.25) is 0 Å². The van der Waals surface area contributed by atoms with E-state index in [1.165, 1.54) is 57.8 Å². The Kier molecular flexibility index (Phi) is 25.5. The smallest absolute Gasteiger partial charge is 0.328 e. The lowest BCUT2D eigenvalue weighted by Gasteiger charge is -2.21. The molecule has 0 saturated heterocycles. The van der Waals surface area contributed by atoms with E-state index >= 15 is 0 Å². The van der Waals surface area contributed by atoms with Gasteiger partial charge >= 0.3 is 11.9 Å². The van der Waals surface area contributed by atoms with Crippen LogP contribution in [0.1, 0.15) is 176 Å². The van der Waals surface area contributed by atoms with Crippen molar-refractivity contribution in [3.05, 3.63) is 0 Å². The summed E-state index contributed by atoms with van der Waals surface area (Å²) in [4.78, 5) is 38.1. The van der Waals surface area contributed by atoms with Gasteiger partial charge < -0.3 is 14.8 Å². The lowest BCUT2D eigenvalue weighted by Crippen LogP contribution is -2.43. The van der Waals surface area contributed by atoms with Gasteiger partial charge in [-0.2, -0.15) is 0 Å². The monoisotopic (exact) mass is 553 g/mol. The third kappa shape index (κ3) is 24.0. The molecule has 2 unspecified atom stereocenters. The molecular formula is C33H63NO5. The molecule has 0 aliphatic rings. The molecule has 0 spiro atoms. The number of amides is 1. The topological polar surface area (TPSA) is 81.7 Å². The van der Waals surface area contributed by atoms with Gasteiger partial charge in [0.25, 0.3) is 0 Å². The zero-order valence-electron chi connectivity index (χ0n) is 26.3. The maximum atomic E-state index is 12.9. The lowest BCUT2D eigenvalue weighted by atomic mass is 10.1. The van der Waals surface area contributed by atoms with Gasteiger partial charge in [0.1, 0.15) is 6.04 Å². The number of unbranched alkanes of at least 4 members (excludes halogenated alkanes) is 14. The van der Waals surface area contributed by atoms with E-state index in [0.717, 1.165) is 64.2 Å². The zero-order chi connectivity index (χ0) is 29.1. The van der Waals surface area contributed by atoms with Crippen molar-refractivity contribution in [3.63, 3.8) is 0 Å². The fraction of sp³-hybridized carbons (Fsp3) is 0.909. The molecule has 0 fully saturated rings. The van der Waals surface area contributed by atoms with Crippen LogP contribution in [0.4, 0.5) is 0 Å². The first-order chi connectivity index (χ1) is 18.8. The number of carbonyl (C=O) groups is 3. The molecule has 0 aliphatic carbocycles. The predicted octanol–water partition coefficient (Wildman–Crippen LogP) is 8.98. The summed E-state index contributed by atoms with van der Waals surface area (Å²) >= 11 is 0. The number of carbonyl (C=O) groups excluding carboxylic acids is 3. The maximum absolute atomic E-state index is 12.9. The SMILES string of the molecule is CCCCCCCCCCCC(=O)N[C@@H](CCC(=O)OC(C)CCCCCC)C(=O)OC(C)CCCCCC. The average Bonchev–Trinajstić information content (AvgIpc) is 2.90. The van der Waals surface area contributed by atoms with Gasteiger partial charge in [0.2, 0.25) is 5.91 Å². The Bertz CT molecular complexity index is 609. The van der Waals surface area contributed by atoms with Crippen LogP contribution in [-0.2, 0) is 23.9 Å². The molecule has 3 atom stereocenters. The van der Waals surface area contributed by atoms with Crippen molar-refractivity contribution in [1.82, 2.24) is 5.32 Å². The van der Waals surface area contributed by atoms with E-state index in [9.17, 15) is 14.4 Å². The molecule has 6 nitrogen and oxygen atoms in total. The summed E-state index contributed by atoms with van der Waals surface area (Å²) < 4.78 is 11.2. The molecule has 39 heavy (non-hydrogen) atoms. The molecule has 230 valence electrons. The van der Waals surface area contributed by atoms with Crippen molar-refractivity contribution in [3.8, 4) is 0 Å². The first kappa shape index (κ1) is 37.4. The first-order valence-electron chi connectivity index (χ1n) is 16.5. The first-order valence-corrected chi connectivity index (χ1v) is 16.5. The van der Waals surface area contributed by atoms with E-state index in [4.69, 9.17) is 9.47 Å². The molecule has 6 heteroatoms. The van der Waals surface area contributed by atoms with E-state index in [1.54, 1.807) is 0 Å². The highest BCUT2D eigenvalue weighted by atomic mass is 16.5. The third-order valence-electron chi connectivity index (χ3n) is 7.34. The lowest BCUT2D eigenvalue weighted by molar-refractivity contribution is -0.154. The minimum atomic E-state index is -0.818. The Morgan fingerprint density at radius 3 is 1.49 bits per heavy atom. The van der Waals surface area contributed by atoms with Crippen molar-refractivity contribution >= 4 is 17.8 Å². The van der Waals surface area contributed by atoms with Gasteiger partial charge in [-0.1, -0.05) is 111 Å². The predicted molar refractivity (Wildman–Crippen MR) is 162 cm³/mol. The summed E-state index contributed by atoms with van der Waals surface area (Å²) in [6.07, 6.45) is 21.7. The second kappa shape index (κ2) is 26.6. The Balaban J connectivity index is 4.62. The average molecular weight is 554 g/mol. The Morgan fingerprint density at radius 2 is 0.974 bits per heavy atom. The highest BCUT2D eigenvalue weighted by Gasteiger charge is 2.25. The van der Waals surface area contributed by atoms with Crippen molar-refractivity contribution in [2.24, 2.45) is 0 Å². The van der Waals surface area contributed by atoms with Crippen LogP contribution in [0.5, 0.6) is 0 Å².